The van der Waals surface area contributed by atoms with Gasteiger partial charge >= 0.3 is 5.97 Å². The summed E-state index contributed by atoms with van der Waals surface area (Å²) < 4.78 is 13.8. The van der Waals surface area contributed by atoms with Crippen molar-refractivity contribution in [3.8, 4) is 0 Å². The van der Waals surface area contributed by atoms with E-state index in [1.165, 1.54) is 12.1 Å². The molecule has 1 fully saturated rings. The van der Waals surface area contributed by atoms with E-state index in [4.69, 9.17) is 5.11 Å². The van der Waals surface area contributed by atoms with Crippen molar-refractivity contribution in [3.63, 3.8) is 0 Å². The molecule has 0 heterocycles. The van der Waals surface area contributed by atoms with E-state index in [2.05, 4.69) is 5.32 Å². The summed E-state index contributed by atoms with van der Waals surface area (Å²) >= 11 is 0. The molecule has 0 spiro atoms. The van der Waals surface area contributed by atoms with Gasteiger partial charge in [-0.15, -0.1) is 0 Å². The number of hydrogen-bond acceptors (Lipinski definition) is 2. The van der Waals surface area contributed by atoms with Gasteiger partial charge in [0, 0.05) is 22.7 Å². The Hall–Kier alpha value is -2.17. The van der Waals surface area contributed by atoms with Crippen LogP contribution in [0.1, 0.15) is 48.5 Å². The number of carbonyl (C=O) groups is 2. The van der Waals surface area contributed by atoms with Gasteiger partial charge in [0.1, 0.15) is 5.82 Å². The molecule has 21 heavy (non-hydrogen) atoms. The smallest absolute Gasteiger partial charge is 0.328 e. The lowest BCUT2D eigenvalue weighted by Crippen LogP contribution is -2.43. The van der Waals surface area contributed by atoms with Crippen molar-refractivity contribution in [2.45, 2.75) is 38.1 Å². The summed E-state index contributed by atoms with van der Waals surface area (Å²) in [6.07, 6.45) is 6.06. The first kappa shape index (κ1) is 15.2. The third kappa shape index (κ3) is 3.90. The Morgan fingerprint density at radius 3 is 2.57 bits per heavy atom. The zero-order valence-electron chi connectivity index (χ0n) is 11.9. The van der Waals surface area contributed by atoms with Crippen molar-refractivity contribution in [2.24, 2.45) is 0 Å². The van der Waals surface area contributed by atoms with E-state index in [1.807, 2.05) is 6.92 Å². The molecule has 0 bridgehead atoms. The standard InChI is InChI=1S/C16H18FNO3/c1-16(8-2-3-9-16)18-15(21)12-5-4-11(13(17)10-12)6-7-14(19)20/h4-7,10H,2-3,8-9H2,1H3,(H,18,21)(H,19,20). The fourth-order valence-electron chi connectivity index (χ4n) is 2.59. The molecule has 0 atom stereocenters. The number of rotatable bonds is 4. The number of benzene rings is 1. The topological polar surface area (TPSA) is 66.4 Å². The molecule has 2 rings (SSSR count). The summed E-state index contributed by atoms with van der Waals surface area (Å²) in [4.78, 5) is 22.6. The summed E-state index contributed by atoms with van der Waals surface area (Å²) in [6.45, 7) is 2.00. The molecule has 1 amide bonds. The lowest BCUT2D eigenvalue weighted by Gasteiger charge is -2.25. The largest absolute Gasteiger partial charge is 0.478 e. The summed E-state index contributed by atoms with van der Waals surface area (Å²) in [7, 11) is 0. The molecule has 0 aliphatic heterocycles. The number of nitrogens with one attached hydrogen (secondary N) is 1. The highest BCUT2D eigenvalue weighted by Gasteiger charge is 2.30. The molecule has 112 valence electrons. The third-order valence-electron chi connectivity index (χ3n) is 3.79. The number of halogens is 1. The van der Waals surface area contributed by atoms with E-state index >= 15 is 0 Å². The quantitative estimate of drug-likeness (QED) is 0.838. The van der Waals surface area contributed by atoms with Crippen LogP contribution >= 0.6 is 0 Å². The van der Waals surface area contributed by atoms with Crippen LogP contribution in [-0.2, 0) is 4.79 Å². The van der Waals surface area contributed by atoms with Crippen LogP contribution in [0.4, 0.5) is 4.39 Å². The fraction of sp³-hybridized carbons (Fsp3) is 0.375. The minimum Gasteiger partial charge on any atom is -0.478 e. The number of carboxylic acids is 1. The Morgan fingerprint density at radius 1 is 1.33 bits per heavy atom. The summed E-state index contributed by atoms with van der Waals surface area (Å²) in [5.41, 5.74) is 0.171. The Kier molecular flexibility index (Phi) is 4.40. The Balaban J connectivity index is 2.12. The zero-order chi connectivity index (χ0) is 15.5. The summed E-state index contributed by atoms with van der Waals surface area (Å²) in [5, 5.41) is 11.5. The molecule has 1 aromatic carbocycles. The molecule has 1 aliphatic carbocycles. The summed E-state index contributed by atoms with van der Waals surface area (Å²) in [5.74, 6) is -2.06. The molecule has 0 radical (unpaired) electrons. The van der Waals surface area contributed by atoms with Crippen molar-refractivity contribution in [1.29, 1.82) is 0 Å². The molecule has 0 aromatic heterocycles. The average Bonchev–Trinajstić information content (AvgIpc) is 2.83. The second-order valence-electron chi connectivity index (χ2n) is 5.63. The number of aliphatic carboxylic acids is 1. The van der Waals surface area contributed by atoms with Crippen molar-refractivity contribution >= 4 is 18.0 Å². The highest BCUT2D eigenvalue weighted by atomic mass is 19.1. The van der Waals surface area contributed by atoms with E-state index in [0.717, 1.165) is 43.9 Å². The van der Waals surface area contributed by atoms with E-state index < -0.39 is 11.8 Å². The molecular formula is C16H18FNO3. The zero-order valence-corrected chi connectivity index (χ0v) is 11.9. The highest BCUT2D eigenvalue weighted by molar-refractivity contribution is 5.95. The molecule has 1 aliphatic rings. The third-order valence-corrected chi connectivity index (χ3v) is 3.79. The lowest BCUT2D eigenvalue weighted by molar-refractivity contribution is -0.131. The Bertz CT molecular complexity index is 589. The van der Waals surface area contributed by atoms with E-state index in [-0.39, 0.29) is 22.6 Å². The van der Waals surface area contributed by atoms with Crippen LogP contribution in [0.25, 0.3) is 6.08 Å². The molecule has 1 aromatic rings. The fourth-order valence-corrected chi connectivity index (χ4v) is 2.59. The molecular weight excluding hydrogens is 273 g/mol. The molecule has 0 unspecified atom stereocenters. The first-order valence-corrected chi connectivity index (χ1v) is 6.93. The normalized spacial score (nSPS) is 17.0. The molecule has 2 N–H and O–H groups in total. The van der Waals surface area contributed by atoms with Gasteiger partial charge in [-0.25, -0.2) is 9.18 Å². The van der Waals surface area contributed by atoms with Gasteiger partial charge in [0.2, 0.25) is 0 Å². The monoisotopic (exact) mass is 291 g/mol. The Labute approximate surface area is 122 Å². The van der Waals surface area contributed by atoms with Crippen LogP contribution in [0.2, 0.25) is 0 Å². The van der Waals surface area contributed by atoms with Gasteiger partial charge in [-0.3, -0.25) is 4.79 Å². The number of amides is 1. The SMILES string of the molecule is CC1(NC(=O)c2ccc(C=CC(=O)O)c(F)c2)CCCC1. The van der Waals surface area contributed by atoms with Crippen molar-refractivity contribution in [2.75, 3.05) is 0 Å². The van der Waals surface area contributed by atoms with Crippen LogP contribution < -0.4 is 5.32 Å². The van der Waals surface area contributed by atoms with E-state index in [1.54, 1.807) is 0 Å². The van der Waals surface area contributed by atoms with Crippen LogP contribution in [0, 0.1) is 5.82 Å². The van der Waals surface area contributed by atoms with Crippen LogP contribution in [0.15, 0.2) is 24.3 Å². The van der Waals surface area contributed by atoms with Gasteiger partial charge in [0.25, 0.3) is 5.91 Å². The van der Waals surface area contributed by atoms with Crippen molar-refractivity contribution in [3.05, 3.63) is 41.2 Å². The predicted octanol–water partition coefficient (Wildman–Crippen LogP) is 2.99. The molecule has 1 saturated carbocycles. The first-order valence-electron chi connectivity index (χ1n) is 6.93. The van der Waals surface area contributed by atoms with E-state index in [9.17, 15) is 14.0 Å². The maximum absolute atomic E-state index is 13.8. The van der Waals surface area contributed by atoms with Crippen LogP contribution in [0.5, 0.6) is 0 Å². The Morgan fingerprint density at radius 2 is 2.00 bits per heavy atom. The average molecular weight is 291 g/mol. The maximum atomic E-state index is 13.8. The van der Waals surface area contributed by atoms with Gasteiger partial charge in [-0.05, 0) is 38.0 Å². The number of carbonyl (C=O) groups excluding carboxylic acids is 1. The second-order valence-corrected chi connectivity index (χ2v) is 5.63. The van der Waals surface area contributed by atoms with Gasteiger partial charge in [-0.1, -0.05) is 18.9 Å². The molecule has 5 heteroatoms. The van der Waals surface area contributed by atoms with Crippen molar-refractivity contribution < 1.29 is 19.1 Å². The van der Waals surface area contributed by atoms with Crippen LogP contribution in [-0.4, -0.2) is 22.5 Å². The molecule has 4 nitrogen and oxygen atoms in total. The number of hydrogen-bond donors (Lipinski definition) is 2. The van der Waals surface area contributed by atoms with Gasteiger partial charge in [0.05, 0.1) is 0 Å². The molecule has 0 saturated heterocycles. The van der Waals surface area contributed by atoms with Gasteiger partial charge < -0.3 is 10.4 Å². The van der Waals surface area contributed by atoms with Crippen LogP contribution in [0.3, 0.4) is 0 Å². The second kappa shape index (κ2) is 6.08. The van der Waals surface area contributed by atoms with Gasteiger partial charge in [0.15, 0.2) is 0 Å². The van der Waals surface area contributed by atoms with E-state index in [0.29, 0.717) is 0 Å². The van der Waals surface area contributed by atoms with Gasteiger partial charge in [-0.2, -0.15) is 0 Å². The lowest BCUT2D eigenvalue weighted by atomic mass is 10.00. The maximum Gasteiger partial charge on any atom is 0.328 e. The first-order chi connectivity index (χ1) is 9.89. The minimum absolute atomic E-state index is 0.140. The summed E-state index contributed by atoms with van der Waals surface area (Å²) in [6, 6.07) is 4.04. The van der Waals surface area contributed by atoms with Crippen molar-refractivity contribution in [1.82, 2.24) is 5.32 Å². The predicted molar refractivity (Wildman–Crippen MR) is 77.4 cm³/mol. The number of carboxylic acid groups (broad SMARTS) is 1. The highest BCUT2D eigenvalue weighted by Crippen LogP contribution is 2.29. The minimum atomic E-state index is -1.15.